The van der Waals surface area contributed by atoms with Gasteiger partial charge in [-0.25, -0.2) is 0 Å². The average molecular weight is 373 g/mol. The van der Waals surface area contributed by atoms with E-state index in [0.29, 0.717) is 12.6 Å². The molecule has 0 bridgehead atoms. The molecule has 0 saturated carbocycles. The molecular weight excluding hydrogens is 342 g/mol. The van der Waals surface area contributed by atoms with Crippen LogP contribution in [0, 0.1) is 0 Å². The number of carbonyl (C=O) groups is 2. The number of benzene rings is 1. The van der Waals surface area contributed by atoms with E-state index in [0.717, 1.165) is 57.5 Å². The molecule has 0 spiro atoms. The van der Waals surface area contributed by atoms with E-state index < -0.39 is 0 Å². The lowest BCUT2D eigenvalue weighted by atomic mass is 10.0. The summed E-state index contributed by atoms with van der Waals surface area (Å²) in [7, 11) is 1.68. The van der Waals surface area contributed by atoms with Crippen LogP contribution in [0.15, 0.2) is 24.3 Å². The SMILES string of the molecule is COc1ccc(C[C@@H]2CCCN2CC(=O)NC2CCN(C(C)=O)CC2)cc1. The van der Waals surface area contributed by atoms with Crippen molar-refractivity contribution in [1.29, 1.82) is 0 Å². The summed E-state index contributed by atoms with van der Waals surface area (Å²) in [6.07, 6.45) is 4.94. The van der Waals surface area contributed by atoms with Gasteiger partial charge in [0.15, 0.2) is 0 Å². The number of hydrogen-bond acceptors (Lipinski definition) is 4. The summed E-state index contributed by atoms with van der Waals surface area (Å²) < 4.78 is 5.22. The molecular formula is C21H31N3O3. The predicted octanol–water partition coefficient (Wildman–Crippen LogP) is 1.83. The van der Waals surface area contributed by atoms with Crippen molar-refractivity contribution in [3.63, 3.8) is 0 Å². The third-order valence-electron chi connectivity index (χ3n) is 5.78. The molecule has 2 heterocycles. The minimum Gasteiger partial charge on any atom is -0.497 e. The molecule has 0 aromatic heterocycles. The molecule has 2 amide bonds. The van der Waals surface area contributed by atoms with Crippen LogP contribution >= 0.6 is 0 Å². The molecule has 148 valence electrons. The minimum atomic E-state index is 0.109. The third kappa shape index (κ3) is 5.45. The summed E-state index contributed by atoms with van der Waals surface area (Å²) >= 11 is 0. The lowest BCUT2D eigenvalue weighted by Crippen LogP contribution is -2.49. The Kier molecular flexibility index (Phi) is 6.72. The zero-order chi connectivity index (χ0) is 19.2. The molecule has 2 aliphatic heterocycles. The maximum absolute atomic E-state index is 12.5. The fourth-order valence-corrected chi connectivity index (χ4v) is 4.16. The highest BCUT2D eigenvalue weighted by molar-refractivity contribution is 5.78. The first-order chi connectivity index (χ1) is 13.0. The maximum Gasteiger partial charge on any atom is 0.234 e. The van der Waals surface area contributed by atoms with E-state index in [1.165, 1.54) is 5.56 Å². The van der Waals surface area contributed by atoms with Gasteiger partial charge in [-0.2, -0.15) is 0 Å². The third-order valence-corrected chi connectivity index (χ3v) is 5.78. The number of rotatable bonds is 6. The molecule has 2 aliphatic rings. The number of carbonyl (C=O) groups excluding carboxylic acids is 2. The van der Waals surface area contributed by atoms with Gasteiger partial charge in [0.1, 0.15) is 5.75 Å². The van der Waals surface area contributed by atoms with E-state index in [1.807, 2.05) is 17.0 Å². The van der Waals surface area contributed by atoms with Gasteiger partial charge in [0, 0.05) is 32.1 Å². The summed E-state index contributed by atoms with van der Waals surface area (Å²) in [5.74, 6) is 1.10. The van der Waals surface area contributed by atoms with Crippen LogP contribution in [0.1, 0.15) is 38.2 Å². The Labute approximate surface area is 161 Å². The van der Waals surface area contributed by atoms with Crippen LogP contribution in [0.2, 0.25) is 0 Å². The number of nitrogens with zero attached hydrogens (tertiary/aromatic N) is 2. The fourth-order valence-electron chi connectivity index (χ4n) is 4.16. The number of amides is 2. The fraction of sp³-hybridized carbons (Fsp3) is 0.619. The molecule has 1 aromatic rings. The zero-order valence-electron chi connectivity index (χ0n) is 16.4. The van der Waals surface area contributed by atoms with Gasteiger partial charge in [0.05, 0.1) is 13.7 Å². The van der Waals surface area contributed by atoms with Crippen LogP contribution in [-0.2, 0) is 16.0 Å². The quantitative estimate of drug-likeness (QED) is 0.826. The van der Waals surface area contributed by atoms with Crippen LogP contribution in [0.25, 0.3) is 0 Å². The largest absolute Gasteiger partial charge is 0.497 e. The van der Waals surface area contributed by atoms with Crippen molar-refractivity contribution in [2.45, 2.75) is 51.1 Å². The van der Waals surface area contributed by atoms with E-state index >= 15 is 0 Å². The summed E-state index contributed by atoms with van der Waals surface area (Å²) in [4.78, 5) is 28.1. The Morgan fingerprint density at radius 2 is 1.81 bits per heavy atom. The van der Waals surface area contributed by atoms with Crippen LogP contribution in [0.4, 0.5) is 0 Å². The zero-order valence-corrected chi connectivity index (χ0v) is 16.4. The van der Waals surface area contributed by atoms with Crippen molar-refractivity contribution in [2.24, 2.45) is 0 Å². The van der Waals surface area contributed by atoms with Crippen LogP contribution in [0.5, 0.6) is 5.75 Å². The standard InChI is InChI=1S/C21H31N3O3/c1-16(25)23-12-9-18(10-13-23)22-21(26)15-24-11-3-4-19(24)14-17-5-7-20(27-2)8-6-17/h5-8,18-19H,3-4,9-15H2,1-2H3,(H,22,26)/t19-/m0/s1. The number of likely N-dealkylation sites (tertiary alicyclic amines) is 2. The van der Waals surface area contributed by atoms with Crippen molar-refractivity contribution >= 4 is 11.8 Å². The highest BCUT2D eigenvalue weighted by Crippen LogP contribution is 2.22. The first kappa shape index (κ1) is 19.7. The van der Waals surface area contributed by atoms with Crippen molar-refractivity contribution in [3.05, 3.63) is 29.8 Å². The molecule has 0 radical (unpaired) electrons. The van der Waals surface area contributed by atoms with Crippen molar-refractivity contribution in [3.8, 4) is 5.75 Å². The van der Waals surface area contributed by atoms with Gasteiger partial charge in [-0.3, -0.25) is 14.5 Å². The lowest BCUT2D eigenvalue weighted by Gasteiger charge is -2.32. The summed E-state index contributed by atoms with van der Waals surface area (Å²) in [5.41, 5.74) is 1.28. The summed E-state index contributed by atoms with van der Waals surface area (Å²) in [5, 5.41) is 3.17. The van der Waals surface area contributed by atoms with Crippen LogP contribution in [0.3, 0.4) is 0 Å². The lowest BCUT2D eigenvalue weighted by molar-refractivity contribution is -0.130. The van der Waals surface area contributed by atoms with Crippen molar-refractivity contribution in [1.82, 2.24) is 15.1 Å². The molecule has 2 saturated heterocycles. The second-order valence-electron chi connectivity index (χ2n) is 7.67. The first-order valence-electron chi connectivity index (χ1n) is 9.97. The van der Waals surface area contributed by atoms with Crippen molar-refractivity contribution < 1.29 is 14.3 Å². The smallest absolute Gasteiger partial charge is 0.234 e. The highest BCUT2D eigenvalue weighted by Gasteiger charge is 2.28. The number of methoxy groups -OCH3 is 1. The number of hydrogen-bond donors (Lipinski definition) is 1. The number of ether oxygens (including phenoxy) is 1. The Morgan fingerprint density at radius 3 is 2.44 bits per heavy atom. The van der Waals surface area contributed by atoms with Gasteiger partial charge in [-0.05, 0) is 56.3 Å². The first-order valence-corrected chi connectivity index (χ1v) is 9.97. The number of piperidine rings is 1. The average Bonchev–Trinajstić information content (AvgIpc) is 3.09. The van der Waals surface area contributed by atoms with Gasteiger partial charge < -0.3 is 15.0 Å². The Morgan fingerprint density at radius 1 is 1.11 bits per heavy atom. The topological polar surface area (TPSA) is 61.9 Å². The van der Waals surface area contributed by atoms with Gasteiger partial charge in [0.2, 0.25) is 11.8 Å². The molecule has 0 unspecified atom stereocenters. The molecule has 6 heteroatoms. The molecule has 1 N–H and O–H groups in total. The Balaban J connectivity index is 1.46. The summed E-state index contributed by atoms with van der Waals surface area (Å²) in [6.45, 7) is 4.54. The minimum absolute atomic E-state index is 0.109. The van der Waals surface area contributed by atoms with E-state index in [1.54, 1.807) is 14.0 Å². The van der Waals surface area contributed by atoms with E-state index in [9.17, 15) is 9.59 Å². The summed E-state index contributed by atoms with van der Waals surface area (Å²) in [6, 6.07) is 8.82. The Hall–Kier alpha value is -2.08. The Bertz CT molecular complexity index is 639. The van der Waals surface area contributed by atoms with E-state index in [2.05, 4.69) is 22.3 Å². The second kappa shape index (κ2) is 9.22. The molecule has 1 atom stereocenters. The monoisotopic (exact) mass is 373 g/mol. The molecule has 0 aliphatic carbocycles. The maximum atomic E-state index is 12.5. The number of nitrogens with one attached hydrogen (secondary N) is 1. The van der Waals surface area contributed by atoms with Gasteiger partial charge >= 0.3 is 0 Å². The molecule has 2 fully saturated rings. The van der Waals surface area contributed by atoms with E-state index in [-0.39, 0.29) is 17.9 Å². The van der Waals surface area contributed by atoms with Gasteiger partial charge in [-0.1, -0.05) is 12.1 Å². The predicted molar refractivity (Wildman–Crippen MR) is 105 cm³/mol. The normalized spacial score (nSPS) is 21.3. The van der Waals surface area contributed by atoms with Crippen LogP contribution < -0.4 is 10.1 Å². The molecule has 27 heavy (non-hydrogen) atoms. The molecule has 6 nitrogen and oxygen atoms in total. The second-order valence-corrected chi connectivity index (χ2v) is 7.67. The van der Waals surface area contributed by atoms with Gasteiger partial charge in [-0.15, -0.1) is 0 Å². The molecule has 1 aromatic carbocycles. The van der Waals surface area contributed by atoms with Gasteiger partial charge in [0.25, 0.3) is 0 Å². The van der Waals surface area contributed by atoms with E-state index in [4.69, 9.17) is 4.74 Å². The van der Waals surface area contributed by atoms with Crippen LogP contribution in [-0.4, -0.2) is 67.0 Å². The van der Waals surface area contributed by atoms with Crippen molar-refractivity contribution in [2.75, 3.05) is 33.3 Å². The highest BCUT2D eigenvalue weighted by atomic mass is 16.5. The molecule has 3 rings (SSSR count).